The van der Waals surface area contributed by atoms with Gasteiger partial charge in [-0.25, -0.2) is 0 Å². The number of likely N-dealkylation sites (tertiary alicyclic amines) is 1. The van der Waals surface area contributed by atoms with Crippen LogP contribution >= 0.6 is 12.4 Å². The van der Waals surface area contributed by atoms with Gasteiger partial charge in [-0.3, -0.25) is 9.69 Å². The van der Waals surface area contributed by atoms with Gasteiger partial charge >= 0.3 is 6.18 Å². The lowest BCUT2D eigenvalue weighted by Crippen LogP contribution is -2.54. The summed E-state index contributed by atoms with van der Waals surface area (Å²) in [5.74, 6) is -0.605. The highest BCUT2D eigenvalue weighted by Gasteiger charge is 2.62. The van der Waals surface area contributed by atoms with Crippen molar-refractivity contribution in [3.8, 4) is 0 Å². The van der Waals surface area contributed by atoms with E-state index in [4.69, 9.17) is 5.73 Å². The van der Waals surface area contributed by atoms with Crippen LogP contribution in [0.5, 0.6) is 0 Å². The van der Waals surface area contributed by atoms with Gasteiger partial charge in [-0.2, -0.15) is 13.2 Å². The quantitative estimate of drug-likeness (QED) is 0.784. The van der Waals surface area contributed by atoms with Crippen molar-refractivity contribution in [2.75, 3.05) is 19.6 Å². The zero-order valence-electron chi connectivity index (χ0n) is 14.5. The molecule has 0 aromatic heterocycles. The molecule has 3 N–H and O–H groups in total. The first-order valence-corrected chi connectivity index (χ1v) is 8.69. The molecular weight excluding hydrogens is 367 g/mol. The number of amides is 1. The molecule has 0 bridgehead atoms. The van der Waals surface area contributed by atoms with Crippen molar-refractivity contribution >= 4 is 18.3 Å². The maximum atomic E-state index is 13.8. The average Bonchev–Trinajstić information content (AvgIpc) is 3.33. The Morgan fingerprint density at radius 3 is 2.54 bits per heavy atom. The number of carbonyl (C=O) groups is 1. The van der Waals surface area contributed by atoms with E-state index in [-0.39, 0.29) is 44.5 Å². The van der Waals surface area contributed by atoms with Crippen LogP contribution in [-0.4, -0.2) is 42.7 Å². The molecule has 1 aromatic carbocycles. The van der Waals surface area contributed by atoms with E-state index >= 15 is 0 Å². The van der Waals surface area contributed by atoms with Crippen LogP contribution in [0.15, 0.2) is 30.3 Å². The largest absolute Gasteiger partial charge is 0.404 e. The normalized spacial score (nSPS) is 24.8. The number of nitrogens with two attached hydrogens (primary N) is 1. The highest BCUT2D eigenvalue weighted by atomic mass is 35.5. The first kappa shape index (κ1) is 21.0. The number of halogens is 4. The van der Waals surface area contributed by atoms with E-state index in [2.05, 4.69) is 5.32 Å². The summed E-state index contributed by atoms with van der Waals surface area (Å²) in [4.78, 5) is 14.1. The maximum Gasteiger partial charge on any atom is 0.404 e. The van der Waals surface area contributed by atoms with Gasteiger partial charge in [-0.05, 0) is 37.3 Å². The Morgan fingerprint density at radius 2 is 1.96 bits per heavy atom. The number of nitrogens with one attached hydrogen (secondary N) is 1. The van der Waals surface area contributed by atoms with Crippen LogP contribution in [0, 0.1) is 11.3 Å². The number of carbonyl (C=O) groups excluding carboxylic acids is 1. The Labute approximate surface area is 157 Å². The summed E-state index contributed by atoms with van der Waals surface area (Å²) in [7, 11) is 0. The number of rotatable bonds is 6. The Kier molecular flexibility index (Phi) is 6.58. The van der Waals surface area contributed by atoms with Gasteiger partial charge in [-0.1, -0.05) is 30.3 Å². The van der Waals surface area contributed by atoms with Crippen LogP contribution in [0.2, 0.25) is 0 Å². The van der Waals surface area contributed by atoms with Gasteiger partial charge in [0.15, 0.2) is 5.41 Å². The van der Waals surface area contributed by atoms with E-state index in [0.717, 1.165) is 18.4 Å². The summed E-state index contributed by atoms with van der Waals surface area (Å²) in [5.41, 5.74) is 4.50. The molecule has 2 unspecified atom stereocenters. The van der Waals surface area contributed by atoms with Gasteiger partial charge < -0.3 is 11.1 Å². The molecule has 1 amide bonds. The number of nitrogens with zero attached hydrogens (tertiary/aromatic N) is 1. The lowest BCUT2D eigenvalue weighted by Gasteiger charge is -2.31. The summed E-state index contributed by atoms with van der Waals surface area (Å²) < 4.78 is 41.3. The number of hydrogen-bond donors (Lipinski definition) is 2. The highest BCUT2D eigenvalue weighted by molar-refractivity contribution is 5.85. The molecule has 3 rings (SSSR count). The molecule has 1 saturated heterocycles. The van der Waals surface area contributed by atoms with Crippen LogP contribution in [0.25, 0.3) is 0 Å². The summed E-state index contributed by atoms with van der Waals surface area (Å²) in [5, 5.41) is 2.47. The highest BCUT2D eigenvalue weighted by Crippen LogP contribution is 2.46. The lowest BCUT2D eigenvalue weighted by atomic mass is 9.85. The van der Waals surface area contributed by atoms with Gasteiger partial charge in [0.05, 0.1) is 0 Å². The summed E-state index contributed by atoms with van der Waals surface area (Å²) >= 11 is 0. The predicted molar refractivity (Wildman–Crippen MR) is 95.8 cm³/mol. The second-order valence-corrected chi connectivity index (χ2v) is 7.24. The van der Waals surface area contributed by atoms with Crippen LogP contribution in [0.4, 0.5) is 13.2 Å². The molecule has 146 valence electrons. The minimum Gasteiger partial charge on any atom is -0.354 e. The smallest absolute Gasteiger partial charge is 0.354 e. The van der Waals surface area contributed by atoms with Crippen molar-refractivity contribution in [2.24, 2.45) is 17.1 Å². The fraction of sp³-hybridized carbons (Fsp3) is 0.611. The lowest BCUT2D eigenvalue weighted by molar-refractivity contribution is -0.218. The molecule has 1 aromatic rings. The van der Waals surface area contributed by atoms with Crippen molar-refractivity contribution in [1.29, 1.82) is 0 Å². The first-order valence-electron chi connectivity index (χ1n) is 8.69. The van der Waals surface area contributed by atoms with Gasteiger partial charge in [0.25, 0.3) is 0 Å². The molecule has 26 heavy (non-hydrogen) atoms. The van der Waals surface area contributed by atoms with E-state index in [9.17, 15) is 18.0 Å². The minimum atomic E-state index is -4.58. The zero-order chi connectivity index (χ0) is 18.1. The summed E-state index contributed by atoms with van der Waals surface area (Å²) in [6.45, 7) is 0.458. The SMILES string of the molecule is Cl.NC(CNC(=O)C1(C(F)(F)F)CCN(Cc2ccccc2)C1)C1CC1. The molecule has 1 heterocycles. The van der Waals surface area contributed by atoms with Crippen molar-refractivity contribution in [3.05, 3.63) is 35.9 Å². The Morgan fingerprint density at radius 1 is 1.31 bits per heavy atom. The number of hydrogen-bond acceptors (Lipinski definition) is 3. The fourth-order valence-corrected chi connectivity index (χ4v) is 3.48. The third-order valence-electron chi connectivity index (χ3n) is 5.30. The topological polar surface area (TPSA) is 58.4 Å². The molecule has 2 atom stereocenters. The van der Waals surface area contributed by atoms with Crippen molar-refractivity contribution in [1.82, 2.24) is 10.2 Å². The molecule has 1 aliphatic heterocycles. The molecule has 0 radical (unpaired) electrons. The molecule has 0 spiro atoms. The van der Waals surface area contributed by atoms with Gasteiger partial charge in [0.2, 0.25) is 5.91 Å². The van der Waals surface area contributed by atoms with Crippen LogP contribution in [-0.2, 0) is 11.3 Å². The predicted octanol–water partition coefficient (Wildman–Crippen LogP) is 2.72. The monoisotopic (exact) mass is 391 g/mol. The van der Waals surface area contributed by atoms with Gasteiger partial charge in [0.1, 0.15) is 0 Å². The van der Waals surface area contributed by atoms with Crippen LogP contribution in [0.1, 0.15) is 24.8 Å². The van der Waals surface area contributed by atoms with Crippen molar-refractivity contribution in [2.45, 2.75) is 38.0 Å². The molecule has 8 heteroatoms. The van der Waals surface area contributed by atoms with E-state index in [1.54, 1.807) is 4.90 Å². The van der Waals surface area contributed by atoms with Gasteiger partial charge in [-0.15, -0.1) is 12.4 Å². The van der Waals surface area contributed by atoms with E-state index < -0.39 is 17.5 Å². The van der Waals surface area contributed by atoms with Crippen LogP contribution < -0.4 is 11.1 Å². The third-order valence-corrected chi connectivity index (χ3v) is 5.30. The standard InChI is InChI=1S/C18H24F3N3O.ClH/c19-18(20,21)17(16(25)23-10-15(22)14-6-7-14)8-9-24(12-17)11-13-4-2-1-3-5-13;/h1-5,14-15H,6-12,22H2,(H,23,25);1H. The number of alkyl halides is 3. The molecular formula is C18H25ClF3N3O. The second-order valence-electron chi connectivity index (χ2n) is 7.24. The summed E-state index contributed by atoms with van der Waals surface area (Å²) in [6, 6.07) is 9.08. The molecule has 1 aliphatic carbocycles. The Bertz CT molecular complexity index is 609. The van der Waals surface area contributed by atoms with Crippen LogP contribution in [0.3, 0.4) is 0 Å². The minimum absolute atomic E-state index is 0. The zero-order valence-corrected chi connectivity index (χ0v) is 15.3. The Hall–Kier alpha value is -1.31. The summed E-state index contributed by atoms with van der Waals surface area (Å²) in [6.07, 6.45) is -2.81. The van der Waals surface area contributed by atoms with Gasteiger partial charge in [0, 0.05) is 25.7 Å². The first-order chi connectivity index (χ1) is 11.8. The van der Waals surface area contributed by atoms with E-state index in [0.29, 0.717) is 12.5 Å². The molecule has 2 fully saturated rings. The van der Waals surface area contributed by atoms with Crippen molar-refractivity contribution < 1.29 is 18.0 Å². The average molecular weight is 392 g/mol. The Balaban J connectivity index is 0.00000243. The van der Waals surface area contributed by atoms with E-state index in [1.807, 2.05) is 30.3 Å². The molecule has 2 aliphatic rings. The maximum absolute atomic E-state index is 13.8. The van der Waals surface area contributed by atoms with E-state index in [1.165, 1.54) is 0 Å². The third kappa shape index (κ3) is 4.50. The fourth-order valence-electron chi connectivity index (χ4n) is 3.48. The molecule has 4 nitrogen and oxygen atoms in total. The number of benzene rings is 1. The molecule has 1 saturated carbocycles. The van der Waals surface area contributed by atoms with Crippen molar-refractivity contribution in [3.63, 3.8) is 0 Å². The second kappa shape index (κ2) is 8.15.